The van der Waals surface area contributed by atoms with E-state index in [0.717, 1.165) is 18.6 Å². The number of hydrogen-bond donors (Lipinski definition) is 1. The minimum atomic E-state index is -0.499. The number of ether oxygens (including phenoxy) is 2. The molecule has 1 aliphatic carbocycles. The number of nitrogens with zero attached hydrogens (tertiary/aromatic N) is 6. The van der Waals surface area contributed by atoms with Crippen molar-refractivity contribution < 1.29 is 14.3 Å². The summed E-state index contributed by atoms with van der Waals surface area (Å²) < 4.78 is 13.5. The molecule has 3 aromatic heterocycles. The molecule has 1 aliphatic heterocycles. The second-order valence-electron chi connectivity index (χ2n) is 11.1. The number of pyridine rings is 1. The molecule has 0 radical (unpaired) electrons. The van der Waals surface area contributed by atoms with Crippen LogP contribution in [0.4, 0.5) is 10.6 Å². The first-order valence-corrected chi connectivity index (χ1v) is 12.9. The first-order valence-electron chi connectivity index (χ1n) is 12.9. The molecule has 0 spiro atoms. The minimum Gasteiger partial charge on any atom is -0.456 e. The van der Waals surface area contributed by atoms with Gasteiger partial charge in [0.05, 0.1) is 23.3 Å². The summed E-state index contributed by atoms with van der Waals surface area (Å²) in [6.07, 6.45) is 4.73. The van der Waals surface area contributed by atoms with Crippen LogP contribution in [-0.4, -0.2) is 54.4 Å². The number of carbonyl (C=O) groups is 1. The van der Waals surface area contributed by atoms with Crippen LogP contribution in [0.5, 0.6) is 11.5 Å². The summed E-state index contributed by atoms with van der Waals surface area (Å²) in [5, 5.41) is 5.67. The van der Waals surface area contributed by atoms with Crippen LogP contribution in [0.1, 0.15) is 39.7 Å². The molecule has 4 heterocycles. The number of carbonyl (C=O) groups excluding carboxylic acids is 1. The van der Waals surface area contributed by atoms with Gasteiger partial charge in [-0.1, -0.05) is 18.2 Å². The summed E-state index contributed by atoms with van der Waals surface area (Å²) in [4.78, 5) is 27.8. The third-order valence-corrected chi connectivity index (χ3v) is 7.20. The van der Waals surface area contributed by atoms with Crippen LogP contribution in [0.25, 0.3) is 22.4 Å². The van der Waals surface area contributed by atoms with E-state index < -0.39 is 5.60 Å². The Balaban J connectivity index is 1.24. The van der Waals surface area contributed by atoms with E-state index in [1.807, 2.05) is 72.8 Å². The summed E-state index contributed by atoms with van der Waals surface area (Å²) in [5.41, 5.74) is 7.84. The molecule has 1 aromatic carbocycles. The van der Waals surface area contributed by atoms with Crippen molar-refractivity contribution in [2.24, 2.45) is 11.8 Å². The number of fused-ring (bicyclic) bond motifs is 2. The SMILES string of the molecule is CC(C)(C)OC(=O)N1CC2CC(n3nc(-c4ccc(Oc5ccccc5)cn4)c4c(N)ncnc43)C[C@@H]2C1. The average Bonchev–Trinajstić information content (AvgIpc) is 3.56. The summed E-state index contributed by atoms with van der Waals surface area (Å²) in [6.45, 7) is 7.08. The molecule has 1 amide bonds. The zero-order valence-electron chi connectivity index (χ0n) is 21.7. The Morgan fingerprint density at radius 2 is 1.71 bits per heavy atom. The molecular formula is C28H31N7O3. The Labute approximate surface area is 220 Å². The van der Waals surface area contributed by atoms with Gasteiger partial charge in [0.2, 0.25) is 0 Å². The highest BCUT2D eigenvalue weighted by Crippen LogP contribution is 2.45. The van der Waals surface area contributed by atoms with Crippen molar-refractivity contribution >= 4 is 22.9 Å². The van der Waals surface area contributed by atoms with E-state index in [1.54, 1.807) is 6.20 Å². The highest BCUT2D eigenvalue weighted by atomic mass is 16.6. The molecule has 4 aromatic rings. The molecule has 38 heavy (non-hydrogen) atoms. The molecule has 196 valence electrons. The summed E-state index contributed by atoms with van der Waals surface area (Å²) in [7, 11) is 0. The fourth-order valence-electron chi connectivity index (χ4n) is 5.58. The fourth-order valence-corrected chi connectivity index (χ4v) is 5.58. The second kappa shape index (κ2) is 9.27. The van der Waals surface area contributed by atoms with Crippen LogP contribution in [-0.2, 0) is 4.74 Å². The van der Waals surface area contributed by atoms with Crippen molar-refractivity contribution in [1.29, 1.82) is 0 Å². The first kappa shape index (κ1) is 24.1. The third-order valence-electron chi connectivity index (χ3n) is 7.20. The molecule has 1 saturated carbocycles. The van der Waals surface area contributed by atoms with Crippen LogP contribution < -0.4 is 10.5 Å². The lowest BCUT2D eigenvalue weighted by Crippen LogP contribution is -2.36. The second-order valence-corrected chi connectivity index (χ2v) is 11.1. The molecule has 1 saturated heterocycles. The molecule has 2 N–H and O–H groups in total. The van der Waals surface area contributed by atoms with E-state index in [0.29, 0.717) is 58.9 Å². The molecule has 2 unspecified atom stereocenters. The normalized spacial score (nSPS) is 21.0. The maximum Gasteiger partial charge on any atom is 0.410 e. The van der Waals surface area contributed by atoms with Gasteiger partial charge >= 0.3 is 6.09 Å². The predicted molar refractivity (Wildman–Crippen MR) is 143 cm³/mol. The van der Waals surface area contributed by atoms with Gasteiger partial charge < -0.3 is 20.1 Å². The lowest BCUT2D eigenvalue weighted by molar-refractivity contribution is 0.0278. The highest BCUT2D eigenvalue weighted by Gasteiger charge is 2.44. The lowest BCUT2D eigenvalue weighted by atomic mass is 10.0. The number of likely N-dealkylation sites (tertiary alicyclic amines) is 1. The van der Waals surface area contributed by atoms with Crippen molar-refractivity contribution in [3.8, 4) is 22.9 Å². The molecule has 10 heteroatoms. The number of benzene rings is 1. The largest absolute Gasteiger partial charge is 0.456 e. The smallest absolute Gasteiger partial charge is 0.410 e. The van der Waals surface area contributed by atoms with Crippen molar-refractivity contribution in [3.05, 3.63) is 55.0 Å². The first-order chi connectivity index (χ1) is 18.2. The topological polar surface area (TPSA) is 121 Å². The van der Waals surface area contributed by atoms with Gasteiger partial charge in [0, 0.05) is 13.1 Å². The summed E-state index contributed by atoms with van der Waals surface area (Å²) >= 11 is 0. The quantitative estimate of drug-likeness (QED) is 0.401. The standard InChI is InChI=1S/C28H31N7O3/c1-28(2,3)38-27(36)34-14-17-11-19(12-18(17)15-34)35-26-23(25(29)31-16-32-26)24(33-35)22-10-9-21(13-30-22)37-20-7-5-4-6-8-20/h4-10,13,16-19H,11-12,14-15H2,1-3H3,(H2,29,31,32)/t17-,18?,19?/m1/s1. The summed E-state index contributed by atoms with van der Waals surface area (Å²) in [6, 6.07) is 13.5. The van der Waals surface area contributed by atoms with E-state index >= 15 is 0 Å². The van der Waals surface area contributed by atoms with Crippen molar-refractivity contribution in [3.63, 3.8) is 0 Å². The Kier molecular flexibility index (Phi) is 5.89. The zero-order chi connectivity index (χ0) is 26.4. The van der Waals surface area contributed by atoms with Gasteiger partial charge in [0.15, 0.2) is 5.65 Å². The Hall–Kier alpha value is -4.21. The van der Waals surface area contributed by atoms with Gasteiger partial charge in [-0.25, -0.2) is 19.4 Å². The molecule has 6 rings (SSSR count). The van der Waals surface area contributed by atoms with Crippen molar-refractivity contribution in [2.45, 2.75) is 45.3 Å². The number of hydrogen-bond acceptors (Lipinski definition) is 8. The Bertz CT molecular complexity index is 1450. The average molecular weight is 514 g/mol. The van der Waals surface area contributed by atoms with E-state index in [4.69, 9.17) is 20.3 Å². The molecular weight excluding hydrogens is 482 g/mol. The number of rotatable bonds is 4. The van der Waals surface area contributed by atoms with Gasteiger partial charge in [-0.2, -0.15) is 5.10 Å². The maximum atomic E-state index is 12.6. The highest BCUT2D eigenvalue weighted by molar-refractivity contribution is 5.97. The Morgan fingerprint density at radius 3 is 2.37 bits per heavy atom. The molecule has 2 fully saturated rings. The minimum absolute atomic E-state index is 0.150. The number of nitrogens with two attached hydrogens (primary N) is 1. The summed E-state index contributed by atoms with van der Waals surface area (Å²) in [5.74, 6) is 2.53. The van der Waals surface area contributed by atoms with Crippen LogP contribution in [0.3, 0.4) is 0 Å². The van der Waals surface area contributed by atoms with Crippen LogP contribution >= 0.6 is 0 Å². The van der Waals surface area contributed by atoms with Gasteiger partial charge in [-0.05, 0) is 69.7 Å². The van der Waals surface area contributed by atoms with E-state index in [2.05, 4.69) is 15.0 Å². The number of nitrogen functional groups attached to an aromatic ring is 1. The fraction of sp³-hybridized carbons (Fsp3) is 0.393. The molecule has 2 aliphatic rings. The number of para-hydroxylation sites is 1. The maximum absolute atomic E-state index is 12.6. The van der Waals surface area contributed by atoms with Crippen LogP contribution in [0.15, 0.2) is 55.0 Å². The van der Waals surface area contributed by atoms with E-state index in [1.165, 1.54) is 6.33 Å². The van der Waals surface area contributed by atoms with Crippen LogP contribution in [0, 0.1) is 11.8 Å². The molecule has 10 nitrogen and oxygen atoms in total. The number of aromatic nitrogens is 5. The monoisotopic (exact) mass is 513 g/mol. The lowest BCUT2D eigenvalue weighted by Gasteiger charge is -2.25. The van der Waals surface area contributed by atoms with Crippen molar-refractivity contribution in [2.75, 3.05) is 18.8 Å². The predicted octanol–water partition coefficient (Wildman–Crippen LogP) is 5.08. The molecule has 3 atom stereocenters. The number of amides is 1. The van der Waals surface area contributed by atoms with Gasteiger partial charge in [0.1, 0.15) is 34.9 Å². The number of anilines is 1. The van der Waals surface area contributed by atoms with E-state index in [-0.39, 0.29) is 12.1 Å². The van der Waals surface area contributed by atoms with Crippen molar-refractivity contribution in [1.82, 2.24) is 29.6 Å². The van der Waals surface area contributed by atoms with Gasteiger partial charge in [-0.15, -0.1) is 0 Å². The van der Waals surface area contributed by atoms with Gasteiger partial charge in [0.25, 0.3) is 0 Å². The van der Waals surface area contributed by atoms with Crippen LogP contribution in [0.2, 0.25) is 0 Å². The third kappa shape index (κ3) is 4.62. The van der Waals surface area contributed by atoms with E-state index in [9.17, 15) is 4.79 Å². The van der Waals surface area contributed by atoms with Gasteiger partial charge in [-0.3, -0.25) is 4.98 Å². The zero-order valence-corrected chi connectivity index (χ0v) is 21.7. The Morgan fingerprint density at radius 1 is 0.974 bits per heavy atom. The molecule has 0 bridgehead atoms.